The lowest BCUT2D eigenvalue weighted by Crippen LogP contribution is -2.34. The van der Waals surface area contributed by atoms with E-state index in [4.69, 9.17) is 14.7 Å². The SMILES string of the molecule is CCOc1ccc(Nc2nc(N3CCC(C)CC3)nc3c2cnn3-c2ccccc2)cc1. The number of ether oxygens (including phenoxy) is 1. The molecule has 3 heterocycles. The molecule has 0 amide bonds. The molecular formula is C25H28N6O. The predicted molar refractivity (Wildman–Crippen MR) is 128 cm³/mol. The van der Waals surface area contributed by atoms with E-state index in [-0.39, 0.29) is 0 Å². The van der Waals surface area contributed by atoms with Crippen molar-refractivity contribution in [1.82, 2.24) is 19.7 Å². The molecule has 7 heteroatoms. The Morgan fingerprint density at radius 2 is 1.75 bits per heavy atom. The van der Waals surface area contributed by atoms with Crippen LogP contribution < -0.4 is 15.0 Å². The molecule has 5 rings (SSSR count). The highest BCUT2D eigenvalue weighted by Crippen LogP contribution is 2.30. The number of piperidine rings is 1. The van der Waals surface area contributed by atoms with E-state index < -0.39 is 0 Å². The molecule has 4 aromatic rings. The third-order valence-electron chi connectivity index (χ3n) is 5.91. The van der Waals surface area contributed by atoms with Gasteiger partial charge in [-0.15, -0.1) is 0 Å². The van der Waals surface area contributed by atoms with Gasteiger partial charge in [-0.2, -0.15) is 15.1 Å². The lowest BCUT2D eigenvalue weighted by molar-refractivity contribution is 0.340. The molecule has 0 atom stereocenters. The first kappa shape index (κ1) is 20.3. The molecule has 164 valence electrons. The topological polar surface area (TPSA) is 68.1 Å². The van der Waals surface area contributed by atoms with E-state index in [0.717, 1.165) is 71.8 Å². The van der Waals surface area contributed by atoms with Crippen molar-refractivity contribution >= 4 is 28.5 Å². The number of nitrogens with zero attached hydrogens (tertiary/aromatic N) is 5. The third kappa shape index (κ3) is 4.10. The Morgan fingerprint density at radius 1 is 1.00 bits per heavy atom. The van der Waals surface area contributed by atoms with Gasteiger partial charge >= 0.3 is 0 Å². The summed E-state index contributed by atoms with van der Waals surface area (Å²) >= 11 is 0. The lowest BCUT2D eigenvalue weighted by Gasteiger charge is -2.30. The number of nitrogens with one attached hydrogen (secondary N) is 1. The molecule has 1 saturated heterocycles. The van der Waals surface area contributed by atoms with E-state index in [1.54, 1.807) is 0 Å². The average molecular weight is 429 g/mol. The van der Waals surface area contributed by atoms with Gasteiger partial charge in [0.15, 0.2) is 5.65 Å². The molecule has 1 aliphatic rings. The van der Waals surface area contributed by atoms with Crippen molar-refractivity contribution in [3.05, 3.63) is 60.8 Å². The smallest absolute Gasteiger partial charge is 0.229 e. The summed E-state index contributed by atoms with van der Waals surface area (Å²) in [6.07, 6.45) is 4.14. The molecule has 0 radical (unpaired) electrons. The molecule has 1 fully saturated rings. The second-order valence-electron chi connectivity index (χ2n) is 8.25. The zero-order valence-corrected chi connectivity index (χ0v) is 18.5. The summed E-state index contributed by atoms with van der Waals surface area (Å²) in [5.74, 6) is 3.10. The maximum Gasteiger partial charge on any atom is 0.229 e. The molecule has 1 aliphatic heterocycles. The van der Waals surface area contributed by atoms with Crippen LogP contribution in [0.15, 0.2) is 60.8 Å². The molecule has 2 aromatic carbocycles. The Morgan fingerprint density at radius 3 is 2.47 bits per heavy atom. The Labute approximate surface area is 188 Å². The molecule has 1 N–H and O–H groups in total. The third-order valence-corrected chi connectivity index (χ3v) is 5.91. The Balaban J connectivity index is 1.56. The van der Waals surface area contributed by atoms with Gasteiger partial charge in [-0.1, -0.05) is 25.1 Å². The normalized spacial score (nSPS) is 14.6. The second-order valence-corrected chi connectivity index (χ2v) is 8.25. The highest BCUT2D eigenvalue weighted by Gasteiger charge is 2.21. The van der Waals surface area contributed by atoms with Crippen LogP contribution in [0.1, 0.15) is 26.7 Å². The van der Waals surface area contributed by atoms with Gasteiger partial charge in [0.1, 0.15) is 11.6 Å². The van der Waals surface area contributed by atoms with Gasteiger partial charge in [-0.3, -0.25) is 0 Å². The van der Waals surface area contributed by atoms with Gasteiger partial charge in [0, 0.05) is 18.8 Å². The maximum atomic E-state index is 5.57. The standard InChI is InChI=1S/C25H28N6O/c1-3-32-21-11-9-19(10-12-21)27-23-22-17-26-31(20-7-5-4-6-8-20)24(22)29-25(28-23)30-15-13-18(2)14-16-30/h4-12,17-18H,3,13-16H2,1-2H3,(H,27,28,29). The number of hydrogen-bond acceptors (Lipinski definition) is 6. The highest BCUT2D eigenvalue weighted by molar-refractivity contribution is 5.90. The fourth-order valence-electron chi connectivity index (χ4n) is 4.04. The van der Waals surface area contributed by atoms with Crippen molar-refractivity contribution in [1.29, 1.82) is 0 Å². The van der Waals surface area contributed by atoms with Crippen molar-refractivity contribution < 1.29 is 4.74 Å². The van der Waals surface area contributed by atoms with Gasteiger partial charge in [0.25, 0.3) is 0 Å². The van der Waals surface area contributed by atoms with Crippen molar-refractivity contribution in [2.45, 2.75) is 26.7 Å². The van der Waals surface area contributed by atoms with E-state index in [0.29, 0.717) is 6.61 Å². The quantitative estimate of drug-likeness (QED) is 0.456. The number of benzene rings is 2. The van der Waals surface area contributed by atoms with Crippen LogP contribution in [0.4, 0.5) is 17.5 Å². The van der Waals surface area contributed by atoms with Crippen LogP contribution in [0.25, 0.3) is 16.7 Å². The van der Waals surface area contributed by atoms with Gasteiger partial charge < -0.3 is 15.0 Å². The van der Waals surface area contributed by atoms with E-state index in [2.05, 4.69) is 22.2 Å². The minimum atomic E-state index is 0.649. The summed E-state index contributed by atoms with van der Waals surface area (Å²) in [5.41, 5.74) is 2.72. The second kappa shape index (κ2) is 8.86. The maximum absolute atomic E-state index is 5.57. The number of anilines is 3. The molecule has 0 bridgehead atoms. The number of rotatable bonds is 6. The van der Waals surface area contributed by atoms with E-state index in [1.165, 1.54) is 0 Å². The zero-order valence-electron chi connectivity index (χ0n) is 18.5. The van der Waals surface area contributed by atoms with Gasteiger partial charge in [0.05, 0.1) is 23.9 Å². The Kier molecular flexibility index (Phi) is 5.62. The van der Waals surface area contributed by atoms with Gasteiger partial charge in [0.2, 0.25) is 5.95 Å². The first-order valence-corrected chi connectivity index (χ1v) is 11.3. The first-order valence-electron chi connectivity index (χ1n) is 11.3. The van der Waals surface area contributed by atoms with E-state index in [1.807, 2.05) is 72.4 Å². The molecule has 32 heavy (non-hydrogen) atoms. The Hall–Kier alpha value is -3.61. The molecule has 0 unspecified atom stereocenters. The van der Waals surface area contributed by atoms with Crippen LogP contribution in [0.2, 0.25) is 0 Å². The molecular weight excluding hydrogens is 400 g/mol. The summed E-state index contributed by atoms with van der Waals surface area (Å²) in [5, 5.41) is 9.01. The molecule has 7 nitrogen and oxygen atoms in total. The molecule has 2 aromatic heterocycles. The minimum Gasteiger partial charge on any atom is -0.494 e. The monoisotopic (exact) mass is 428 g/mol. The average Bonchev–Trinajstić information content (AvgIpc) is 3.26. The molecule has 0 spiro atoms. The summed E-state index contributed by atoms with van der Waals surface area (Å²) in [6, 6.07) is 18.0. The zero-order chi connectivity index (χ0) is 21.9. The fourth-order valence-corrected chi connectivity index (χ4v) is 4.04. The van der Waals surface area contributed by atoms with Crippen molar-refractivity contribution in [3.63, 3.8) is 0 Å². The fraction of sp³-hybridized carbons (Fsp3) is 0.320. The van der Waals surface area contributed by atoms with Crippen LogP contribution >= 0.6 is 0 Å². The van der Waals surface area contributed by atoms with E-state index >= 15 is 0 Å². The van der Waals surface area contributed by atoms with Crippen LogP contribution in [0, 0.1) is 5.92 Å². The van der Waals surface area contributed by atoms with Crippen LogP contribution in [-0.4, -0.2) is 39.4 Å². The van der Waals surface area contributed by atoms with Crippen LogP contribution in [-0.2, 0) is 0 Å². The minimum absolute atomic E-state index is 0.649. The summed E-state index contributed by atoms with van der Waals surface area (Å²) in [7, 11) is 0. The van der Waals surface area contributed by atoms with Crippen molar-refractivity contribution in [2.24, 2.45) is 5.92 Å². The predicted octanol–water partition coefficient (Wildman–Crippen LogP) is 5.19. The van der Waals surface area contributed by atoms with E-state index in [9.17, 15) is 0 Å². The van der Waals surface area contributed by atoms with Crippen LogP contribution in [0.3, 0.4) is 0 Å². The number of fused-ring (bicyclic) bond motifs is 1. The number of para-hydroxylation sites is 1. The van der Waals surface area contributed by atoms with Crippen LogP contribution in [0.5, 0.6) is 5.75 Å². The van der Waals surface area contributed by atoms with Gasteiger partial charge in [-0.25, -0.2) is 4.68 Å². The van der Waals surface area contributed by atoms with Gasteiger partial charge in [-0.05, 0) is 62.1 Å². The first-order chi connectivity index (χ1) is 15.7. The summed E-state index contributed by atoms with van der Waals surface area (Å²) < 4.78 is 7.45. The Bertz CT molecular complexity index is 1180. The van der Waals surface area contributed by atoms with Crippen molar-refractivity contribution in [2.75, 3.05) is 29.9 Å². The number of aromatic nitrogens is 4. The number of hydrogen-bond donors (Lipinski definition) is 1. The highest BCUT2D eigenvalue weighted by atomic mass is 16.5. The molecule has 0 aliphatic carbocycles. The summed E-state index contributed by atoms with van der Waals surface area (Å²) in [4.78, 5) is 12.2. The summed E-state index contributed by atoms with van der Waals surface area (Å²) in [6.45, 7) is 6.88. The molecule has 0 saturated carbocycles. The largest absolute Gasteiger partial charge is 0.494 e. The lowest BCUT2D eigenvalue weighted by atomic mass is 10.00. The van der Waals surface area contributed by atoms with Crippen molar-refractivity contribution in [3.8, 4) is 11.4 Å².